The Hall–Kier alpha value is -1.55. The SMILES string of the molecule is O=c1[nH]nc(-c2ccc3c(c2)CCCC3)cc1CS. The summed E-state index contributed by atoms with van der Waals surface area (Å²) in [5.41, 5.74) is 5.26. The van der Waals surface area contributed by atoms with E-state index in [1.807, 2.05) is 6.07 Å². The monoisotopic (exact) mass is 272 g/mol. The van der Waals surface area contributed by atoms with Crippen molar-refractivity contribution < 1.29 is 0 Å². The maximum absolute atomic E-state index is 11.5. The average Bonchev–Trinajstić information content (AvgIpc) is 2.47. The zero-order valence-corrected chi connectivity index (χ0v) is 11.5. The molecule has 0 unspecified atom stereocenters. The Bertz CT molecular complexity index is 663. The van der Waals surface area contributed by atoms with Crippen molar-refractivity contribution in [1.29, 1.82) is 0 Å². The summed E-state index contributed by atoms with van der Waals surface area (Å²) < 4.78 is 0. The number of aryl methyl sites for hydroxylation is 2. The van der Waals surface area contributed by atoms with Crippen molar-refractivity contribution in [3.63, 3.8) is 0 Å². The number of H-pyrrole nitrogens is 1. The van der Waals surface area contributed by atoms with Gasteiger partial charge in [0.1, 0.15) is 0 Å². The number of aromatic nitrogens is 2. The second-order valence-electron chi connectivity index (χ2n) is 4.96. The molecule has 4 heteroatoms. The number of thiol groups is 1. The summed E-state index contributed by atoms with van der Waals surface area (Å²) in [4.78, 5) is 11.5. The first-order valence-electron chi connectivity index (χ1n) is 6.59. The van der Waals surface area contributed by atoms with Crippen molar-refractivity contribution in [2.24, 2.45) is 0 Å². The van der Waals surface area contributed by atoms with Crippen LogP contribution in [0, 0.1) is 0 Å². The summed E-state index contributed by atoms with van der Waals surface area (Å²) >= 11 is 4.17. The summed E-state index contributed by atoms with van der Waals surface area (Å²) in [5, 5.41) is 6.68. The smallest absolute Gasteiger partial charge is 0.268 e. The molecule has 3 rings (SSSR count). The van der Waals surface area contributed by atoms with Crippen LogP contribution in [0.3, 0.4) is 0 Å². The quantitative estimate of drug-likeness (QED) is 0.826. The molecule has 0 saturated carbocycles. The van der Waals surface area contributed by atoms with Crippen LogP contribution in [0.4, 0.5) is 0 Å². The first-order chi connectivity index (χ1) is 9.28. The minimum atomic E-state index is -0.156. The van der Waals surface area contributed by atoms with Crippen LogP contribution in [-0.4, -0.2) is 10.2 Å². The van der Waals surface area contributed by atoms with Gasteiger partial charge in [-0.3, -0.25) is 4.79 Å². The number of aromatic amines is 1. The maximum Gasteiger partial charge on any atom is 0.268 e. The molecule has 0 radical (unpaired) electrons. The number of fused-ring (bicyclic) bond motifs is 1. The first kappa shape index (κ1) is 12.5. The lowest BCUT2D eigenvalue weighted by molar-refractivity contribution is 0.686. The molecule has 0 atom stereocenters. The fraction of sp³-hybridized carbons (Fsp3) is 0.333. The van der Waals surface area contributed by atoms with E-state index in [1.54, 1.807) is 0 Å². The van der Waals surface area contributed by atoms with E-state index in [1.165, 1.54) is 30.4 Å². The van der Waals surface area contributed by atoms with Gasteiger partial charge in [-0.2, -0.15) is 17.7 Å². The minimum absolute atomic E-state index is 0.156. The lowest BCUT2D eigenvalue weighted by Gasteiger charge is -2.16. The van der Waals surface area contributed by atoms with Crippen molar-refractivity contribution >= 4 is 12.6 Å². The van der Waals surface area contributed by atoms with Gasteiger partial charge in [0.05, 0.1) is 5.69 Å². The lowest BCUT2D eigenvalue weighted by atomic mass is 9.90. The first-order valence-corrected chi connectivity index (χ1v) is 7.23. The molecule has 1 aromatic heterocycles. The van der Waals surface area contributed by atoms with Gasteiger partial charge in [0, 0.05) is 16.9 Å². The molecule has 0 bridgehead atoms. The maximum atomic E-state index is 11.5. The van der Waals surface area contributed by atoms with Gasteiger partial charge in [-0.15, -0.1) is 0 Å². The molecule has 98 valence electrons. The molecule has 1 aliphatic carbocycles. The Morgan fingerprint density at radius 1 is 1.16 bits per heavy atom. The Morgan fingerprint density at radius 2 is 1.95 bits per heavy atom. The standard InChI is InChI=1S/C15H16N2OS/c18-15-13(9-19)8-14(16-17-15)12-6-5-10-3-1-2-4-11(10)7-12/h5-8,19H,1-4,9H2,(H,17,18). The molecular weight excluding hydrogens is 256 g/mol. The van der Waals surface area contributed by atoms with Crippen LogP contribution in [0.2, 0.25) is 0 Å². The highest BCUT2D eigenvalue weighted by atomic mass is 32.1. The van der Waals surface area contributed by atoms with Gasteiger partial charge in [-0.05, 0) is 48.9 Å². The molecular formula is C15H16N2OS. The molecule has 1 aliphatic rings. The number of benzene rings is 1. The van der Waals surface area contributed by atoms with Gasteiger partial charge in [0.25, 0.3) is 5.56 Å². The van der Waals surface area contributed by atoms with Gasteiger partial charge >= 0.3 is 0 Å². The van der Waals surface area contributed by atoms with E-state index < -0.39 is 0 Å². The number of nitrogens with one attached hydrogen (secondary N) is 1. The molecule has 0 amide bonds. The number of hydrogen-bond donors (Lipinski definition) is 2. The van der Waals surface area contributed by atoms with Crippen LogP contribution in [0.1, 0.15) is 29.5 Å². The lowest BCUT2D eigenvalue weighted by Crippen LogP contribution is -2.13. The minimum Gasteiger partial charge on any atom is -0.268 e. The van der Waals surface area contributed by atoms with Crippen molar-refractivity contribution in [2.45, 2.75) is 31.4 Å². The van der Waals surface area contributed by atoms with E-state index in [9.17, 15) is 4.79 Å². The zero-order valence-electron chi connectivity index (χ0n) is 10.6. The summed E-state index contributed by atoms with van der Waals surface area (Å²) in [7, 11) is 0. The van der Waals surface area contributed by atoms with Gasteiger partial charge in [-0.1, -0.05) is 12.1 Å². The summed E-state index contributed by atoms with van der Waals surface area (Å²) in [6.07, 6.45) is 4.87. The Kier molecular flexibility index (Phi) is 3.42. The highest BCUT2D eigenvalue weighted by molar-refractivity contribution is 7.79. The predicted octanol–water partition coefficient (Wildman–Crippen LogP) is 2.75. The number of nitrogens with zero attached hydrogens (tertiary/aromatic N) is 1. The fourth-order valence-corrected chi connectivity index (χ4v) is 2.84. The Labute approximate surface area is 117 Å². The van der Waals surface area contributed by atoms with Crippen molar-refractivity contribution in [3.05, 3.63) is 51.3 Å². The molecule has 19 heavy (non-hydrogen) atoms. The third kappa shape index (κ3) is 2.45. The molecule has 2 aromatic rings. The van der Waals surface area contributed by atoms with Gasteiger partial charge < -0.3 is 0 Å². The third-order valence-corrected chi connectivity index (χ3v) is 4.04. The van der Waals surface area contributed by atoms with Gasteiger partial charge in [0.15, 0.2) is 0 Å². The topological polar surface area (TPSA) is 45.8 Å². The van der Waals surface area contributed by atoms with E-state index in [-0.39, 0.29) is 5.56 Å². The molecule has 1 aromatic carbocycles. The molecule has 1 heterocycles. The van der Waals surface area contributed by atoms with Crippen LogP contribution < -0.4 is 5.56 Å². The van der Waals surface area contributed by atoms with Crippen molar-refractivity contribution in [2.75, 3.05) is 0 Å². The summed E-state index contributed by atoms with van der Waals surface area (Å²) in [5.74, 6) is 0.426. The van der Waals surface area contributed by atoms with E-state index in [0.717, 1.165) is 17.7 Å². The van der Waals surface area contributed by atoms with Crippen LogP contribution >= 0.6 is 12.6 Å². The largest absolute Gasteiger partial charge is 0.268 e. The van der Waals surface area contributed by atoms with Crippen LogP contribution in [0.5, 0.6) is 0 Å². The van der Waals surface area contributed by atoms with Crippen LogP contribution in [0.15, 0.2) is 29.1 Å². The molecule has 1 N–H and O–H groups in total. The van der Waals surface area contributed by atoms with E-state index in [2.05, 4.69) is 41.0 Å². The highest BCUT2D eigenvalue weighted by Crippen LogP contribution is 2.26. The molecule has 0 saturated heterocycles. The van der Waals surface area contributed by atoms with Gasteiger partial charge in [-0.25, -0.2) is 5.10 Å². The van der Waals surface area contributed by atoms with E-state index in [0.29, 0.717) is 11.3 Å². The second kappa shape index (κ2) is 5.21. The van der Waals surface area contributed by atoms with Gasteiger partial charge in [0.2, 0.25) is 0 Å². The molecule has 0 aliphatic heterocycles. The molecule has 3 nitrogen and oxygen atoms in total. The molecule has 0 spiro atoms. The zero-order chi connectivity index (χ0) is 13.2. The third-order valence-electron chi connectivity index (χ3n) is 3.70. The second-order valence-corrected chi connectivity index (χ2v) is 5.27. The summed E-state index contributed by atoms with van der Waals surface area (Å²) in [6.45, 7) is 0. The van der Waals surface area contributed by atoms with Crippen molar-refractivity contribution in [1.82, 2.24) is 10.2 Å². The average molecular weight is 272 g/mol. The summed E-state index contributed by atoms with van der Waals surface area (Å²) in [6, 6.07) is 8.32. The molecule has 0 fully saturated rings. The fourth-order valence-electron chi connectivity index (χ4n) is 2.60. The number of rotatable bonds is 2. The number of hydrogen-bond acceptors (Lipinski definition) is 3. The predicted molar refractivity (Wildman–Crippen MR) is 79.6 cm³/mol. The van der Waals surface area contributed by atoms with Crippen LogP contribution in [0.25, 0.3) is 11.3 Å². The highest BCUT2D eigenvalue weighted by Gasteiger charge is 2.11. The normalized spacial score (nSPS) is 14.2. The van der Waals surface area contributed by atoms with E-state index >= 15 is 0 Å². The van der Waals surface area contributed by atoms with Crippen molar-refractivity contribution in [3.8, 4) is 11.3 Å². The Balaban J connectivity index is 2.04. The Morgan fingerprint density at radius 3 is 2.74 bits per heavy atom. The van der Waals surface area contributed by atoms with E-state index in [4.69, 9.17) is 0 Å². The van der Waals surface area contributed by atoms with Crippen LogP contribution in [-0.2, 0) is 18.6 Å².